The minimum absolute atomic E-state index is 0.241. The van der Waals surface area contributed by atoms with Crippen molar-refractivity contribution in [1.29, 1.82) is 0 Å². The van der Waals surface area contributed by atoms with Crippen molar-refractivity contribution in [3.8, 4) is 5.69 Å². The summed E-state index contributed by atoms with van der Waals surface area (Å²) in [6, 6.07) is 11.7. The van der Waals surface area contributed by atoms with Crippen LogP contribution in [-0.2, 0) is 4.74 Å². The highest BCUT2D eigenvalue weighted by molar-refractivity contribution is 5.33. The van der Waals surface area contributed by atoms with Gasteiger partial charge in [-0.05, 0) is 39.0 Å². The van der Waals surface area contributed by atoms with Crippen molar-refractivity contribution in [2.75, 3.05) is 6.61 Å². The maximum absolute atomic E-state index is 6.36. The molecule has 0 fully saturated rings. The molecule has 4 nitrogen and oxygen atoms in total. The molecule has 0 saturated carbocycles. The van der Waals surface area contributed by atoms with Crippen LogP contribution in [0.4, 0.5) is 0 Å². The zero-order valence-corrected chi connectivity index (χ0v) is 11.7. The van der Waals surface area contributed by atoms with Crippen LogP contribution >= 0.6 is 0 Å². The Bertz CT molecular complexity index is 519. The van der Waals surface area contributed by atoms with E-state index >= 15 is 0 Å². The highest BCUT2D eigenvalue weighted by atomic mass is 16.5. The van der Waals surface area contributed by atoms with Gasteiger partial charge in [-0.15, -0.1) is 0 Å². The van der Waals surface area contributed by atoms with Crippen molar-refractivity contribution in [2.45, 2.75) is 32.4 Å². The maximum Gasteiger partial charge on any atom is 0.0833 e. The van der Waals surface area contributed by atoms with E-state index in [-0.39, 0.29) is 6.04 Å². The van der Waals surface area contributed by atoms with Crippen LogP contribution in [0.1, 0.15) is 32.5 Å². The van der Waals surface area contributed by atoms with Crippen LogP contribution in [0, 0.1) is 0 Å². The molecule has 1 atom stereocenters. The Hall–Kier alpha value is -1.65. The number of hydrogen-bond donors (Lipinski definition) is 1. The number of para-hydroxylation sites is 1. The first-order chi connectivity index (χ1) is 9.06. The summed E-state index contributed by atoms with van der Waals surface area (Å²) in [5.74, 6) is 0. The predicted molar refractivity (Wildman–Crippen MR) is 76.2 cm³/mol. The van der Waals surface area contributed by atoms with Crippen LogP contribution in [-0.4, -0.2) is 22.0 Å². The second-order valence-electron chi connectivity index (χ2n) is 5.02. The molecule has 1 unspecified atom stereocenters. The fourth-order valence-electron chi connectivity index (χ4n) is 2.15. The molecule has 2 N–H and O–H groups in total. The Morgan fingerprint density at radius 2 is 1.95 bits per heavy atom. The molecule has 19 heavy (non-hydrogen) atoms. The molecular formula is C15H21N3O. The van der Waals surface area contributed by atoms with Gasteiger partial charge in [-0.1, -0.05) is 18.2 Å². The predicted octanol–water partition coefficient (Wildman–Crippen LogP) is 2.69. The van der Waals surface area contributed by atoms with E-state index < -0.39 is 5.60 Å². The number of nitrogens with zero attached hydrogens (tertiary/aromatic N) is 2. The number of rotatable bonds is 5. The van der Waals surface area contributed by atoms with E-state index in [0.29, 0.717) is 6.61 Å². The van der Waals surface area contributed by atoms with Crippen molar-refractivity contribution in [1.82, 2.24) is 9.78 Å². The Labute approximate surface area is 114 Å². The van der Waals surface area contributed by atoms with Gasteiger partial charge in [0.05, 0.1) is 23.0 Å². The van der Waals surface area contributed by atoms with Gasteiger partial charge in [-0.25, -0.2) is 4.68 Å². The average Bonchev–Trinajstić information content (AvgIpc) is 2.87. The Kier molecular flexibility index (Phi) is 4.02. The second-order valence-corrected chi connectivity index (χ2v) is 5.02. The first-order valence-corrected chi connectivity index (χ1v) is 6.55. The lowest BCUT2D eigenvalue weighted by atomic mass is 9.96. The molecule has 0 amide bonds. The SMILES string of the molecule is CCOC(C)(C)C(N)c1ccnn1-c1ccccc1. The zero-order chi connectivity index (χ0) is 13.9. The third kappa shape index (κ3) is 2.85. The van der Waals surface area contributed by atoms with E-state index in [4.69, 9.17) is 10.5 Å². The van der Waals surface area contributed by atoms with E-state index in [0.717, 1.165) is 11.4 Å². The van der Waals surface area contributed by atoms with Gasteiger partial charge in [0.2, 0.25) is 0 Å². The third-order valence-electron chi connectivity index (χ3n) is 3.26. The zero-order valence-electron chi connectivity index (χ0n) is 11.7. The van der Waals surface area contributed by atoms with Gasteiger partial charge in [0.15, 0.2) is 0 Å². The summed E-state index contributed by atoms with van der Waals surface area (Å²) in [5.41, 5.74) is 7.88. The molecule has 1 aromatic carbocycles. The number of nitrogens with two attached hydrogens (primary N) is 1. The van der Waals surface area contributed by atoms with Crippen LogP contribution in [0.5, 0.6) is 0 Å². The highest BCUT2D eigenvalue weighted by Crippen LogP contribution is 2.27. The van der Waals surface area contributed by atoms with E-state index in [1.54, 1.807) is 6.20 Å². The molecule has 0 saturated heterocycles. The molecule has 2 rings (SSSR count). The van der Waals surface area contributed by atoms with Crippen LogP contribution < -0.4 is 5.73 Å². The van der Waals surface area contributed by atoms with Crippen molar-refractivity contribution in [3.63, 3.8) is 0 Å². The van der Waals surface area contributed by atoms with E-state index in [1.165, 1.54) is 0 Å². The van der Waals surface area contributed by atoms with Gasteiger partial charge in [0, 0.05) is 12.8 Å². The maximum atomic E-state index is 6.36. The van der Waals surface area contributed by atoms with Crippen molar-refractivity contribution < 1.29 is 4.74 Å². The van der Waals surface area contributed by atoms with Crippen molar-refractivity contribution >= 4 is 0 Å². The summed E-state index contributed by atoms with van der Waals surface area (Å²) in [6.07, 6.45) is 1.77. The average molecular weight is 259 g/mol. The standard InChI is InChI=1S/C15H21N3O/c1-4-19-15(2,3)14(16)13-10-11-17-18(13)12-8-6-5-7-9-12/h5-11,14H,4,16H2,1-3H3. The summed E-state index contributed by atoms with van der Waals surface area (Å²) in [5, 5.41) is 4.36. The Morgan fingerprint density at radius 1 is 1.26 bits per heavy atom. The lowest BCUT2D eigenvalue weighted by Gasteiger charge is -2.31. The first kappa shape index (κ1) is 13.8. The third-order valence-corrected chi connectivity index (χ3v) is 3.26. The fourth-order valence-corrected chi connectivity index (χ4v) is 2.15. The molecule has 4 heteroatoms. The van der Waals surface area contributed by atoms with Gasteiger partial charge in [0.25, 0.3) is 0 Å². The summed E-state index contributed by atoms with van der Waals surface area (Å²) >= 11 is 0. The molecule has 1 heterocycles. The molecule has 0 bridgehead atoms. The lowest BCUT2D eigenvalue weighted by Crippen LogP contribution is -2.39. The number of aromatic nitrogens is 2. The van der Waals surface area contributed by atoms with Gasteiger partial charge < -0.3 is 10.5 Å². The fraction of sp³-hybridized carbons (Fsp3) is 0.400. The Morgan fingerprint density at radius 3 is 2.58 bits per heavy atom. The normalized spacial score (nSPS) is 13.5. The van der Waals surface area contributed by atoms with Gasteiger partial charge in [-0.2, -0.15) is 5.10 Å². The molecular weight excluding hydrogens is 238 g/mol. The molecule has 0 aliphatic carbocycles. The molecule has 0 radical (unpaired) electrons. The highest BCUT2D eigenvalue weighted by Gasteiger charge is 2.30. The smallest absolute Gasteiger partial charge is 0.0833 e. The molecule has 2 aromatic rings. The number of hydrogen-bond acceptors (Lipinski definition) is 3. The Balaban J connectivity index is 2.35. The van der Waals surface area contributed by atoms with E-state index in [2.05, 4.69) is 5.10 Å². The van der Waals surface area contributed by atoms with Crippen molar-refractivity contribution in [3.05, 3.63) is 48.3 Å². The molecule has 0 aliphatic heterocycles. The van der Waals surface area contributed by atoms with Gasteiger partial charge in [-0.3, -0.25) is 0 Å². The number of ether oxygens (including phenoxy) is 1. The van der Waals surface area contributed by atoms with Gasteiger partial charge in [0.1, 0.15) is 0 Å². The first-order valence-electron chi connectivity index (χ1n) is 6.55. The van der Waals surface area contributed by atoms with Gasteiger partial charge >= 0.3 is 0 Å². The summed E-state index contributed by atoms with van der Waals surface area (Å²) in [7, 11) is 0. The summed E-state index contributed by atoms with van der Waals surface area (Å²) < 4.78 is 7.61. The van der Waals surface area contributed by atoms with E-state index in [9.17, 15) is 0 Å². The quantitative estimate of drug-likeness (QED) is 0.898. The summed E-state index contributed by atoms with van der Waals surface area (Å²) in [4.78, 5) is 0. The van der Waals surface area contributed by atoms with Crippen molar-refractivity contribution in [2.24, 2.45) is 5.73 Å². The van der Waals surface area contributed by atoms with Crippen LogP contribution in [0.15, 0.2) is 42.6 Å². The van der Waals surface area contributed by atoms with Crippen LogP contribution in [0.2, 0.25) is 0 Å². The minimum atomic E-state index is -0.429. The summed E-state index contributed by atoms with van der Waals surface area (Å²) in [6.45, 7) is 6.62. The minimum Gasteiger partial charge on any atom is -0.374 e. The molecule has 102 valence electrons. The molecule has 0 spiro atoms. The van der Waals surface area contributed by atoms with Crippen LogP contribution in [0.3, 0.4) is 0 Å². The largest absolute Gasteiger partial charge is 0.374 e. The molecule has 0 aliphatic rings. The second kappa shape index (κ2) is 5.55. The van der Waals surface area contributed by atoms with E-state index in [1.807, 2.05) is 61.9 Å². The molecule has 1 aromatic heterocycles. The van der Waals surface area contributed by atoms with Crippen LogP contribution in [0.25, 0.3) is 5.69 Å². The lowest BCUT2D eigenvalue weighted by molar-refractivity contribution is -0.0311. The number of benzene rings is 1. The monoisotopic (exact) mass is 259 g/mol. The topological polar surface area (TPSA) is 53.1 Å².